The van der Waals surface area contributed by atoms with Crippen LogP contribution in [-0.4, -0.2) is 10.1 Å². The van der Waals surface area contributed by atoms with Crippen LogP contribution < -0.4 is 0 Å². The van der Waals surface area contributed by atoms with E-state index in [-0.39, 0.29) is 10.7 Å². The molecule has 1 N–H and O–H groups in total. The van der Waals surface area contributed by atoms with E-state index in [1.807, 2.05) is 0 Å². The van der Waals surface area contributed by atoms with Crippen LogP contribution in [-0.2, 0) is 0 Å². The van der Waals surface area contributed by atoms with Crippen molar-refractivity contribution in [3.8, 4) is 0 Å². The van der Waals surface area contributed by atoms with Crippen LogP contribution >= 0.6 is 23.2 Å². The van der Waals surface area contributed by atoms with Crippen molar-refractivity contribution in [2.45, 2.75) is 6.10 Å². The van der Waals surface area contributed by atoms with Crippen molar-refractivity contribution in [3.63, 3.8) is 0 Å². The molecule has 1 atom stereocenters. The molecule has 1 aromatic carbocycles. The number of pyridine rings is 1. The van der Waals surface area contributed by atoms with Gasteiger partial charge in [0.25, 0.3) is 0 Å². The fourth-order valence-electron chi connectivity index (χ4n) is 1.46. The highest BCUT2D eigenvalue weighted by Crippen LogP contribution is 2.28. The minimum Gasteiger partial charge on any atom is -0.382 e. The van der Waals surface area contributed by atoms with E-state index < -0.39 is 11.9 Å². The highest BCUT2D eigenvalue weighted by atomic mass is 35.5. The zero-order chi connectivity index (χ0) is 12.4. The fourth-order valence-corrected chi connectivity index (χ4v) is 1.94. The summed E-state index contributed by atoms with van der Waals surface area (Å²) in [6, 6.07) is 7.12. The quantitative estimate of drug-likeness (QED) is 0.905. The number of nitrogens with zero attached hydrogens (tertiary/aromatic N) is 1. The van der Waals surface area contributed by atoms with Gasteiger partial charge in [-0.3, -0.25) is 4.98 Å². The van der Waals surface area contributed by atoms with E-state index in [1.54, 1.807) is 6.07 Å². The average Bonchev–Trinajstić information content (AvgIpc) is 2.28. The van der Waals surface area contributed by atoms with Gasteiger partial charge < -0.3 is 5.11 Å². The molecule has 5 heteroatoms. The van der Waals surface area contributed by atoms with E-state index in [0.29, 0.717) is 10.6 Å². The number of hydrogen-bond donors (Lipinski definition) is 1. The highest BCUT2D eigenvalue weighted by molar-refractivity contribution is 6.34. The van der Waals surface area contributed by atoms with Crippen LogP contribution in [0.4, 0.5) is 4.39 Å². The Morgan fingerprint density at radius 2 is 2.00 bits per heavy atom. The predicted molar refractivity (Wildman–Crippen MR) is 64.7 cm³/mol. The molecule has 17 heavy (non-hydrogen) atoms. The predicted octanol–water partition coefficient (Wildman–Crippen LogP) is 3.61. The average molecular weight is 272 g/mol. The molecule has 88 valence electrons. The molecule has 2 aromatic rings. The molecule has 1 aromatic heterocycles. The van der Waals surface area contributed by atoms with E-state index in [9.17, 15) is 9.50 Å². The second kappa shape index (κ2) is 5.00. The maximum atomic E-state index is 13.0. The molecule has 0 saturated heterocycles. The van der Waals surface area contributed by atoms with E-state index in [1.165, 1.54) is 30.5 Å². The second-order valence-corrected chi connectivity index (χ2v) is 4.32. The smallest absolute Gasteiger partial charge is 0.123 e. The summed E-state index contributed by atoms with van der Waals surface area (Å²) in [5, 5.41) is 10.7. The van der Waals surface area contributed by atoms with Crippen molar-refractivity contribution in [1.29, 1.82) is 0 Å². The lowest BCUT2D eigenvalue weighted by Gasteiger charge is -2.12. The normalized spacial score (nSPS) is 12.5. The molecular weight excluding hydrogens is 264 g/mol. The van der Waals surface area contributed by atoms with Crippen LogP contribution in [0.3, 0.4) is 0 Å². The van der Waals surface area contributed by atoms with Crippen LogP contribution in [0.2, 0.25) is 10.0 Å². The largest absolute Gasteiger partial charge is 0.382 e. The first kappa shape index (κ1) is 12.3. The Kier molecular flexibility index (Phi) is 3.62. The lowest BCUT2D eigenvalue weighted by Crippen LogP contribution is -2.03. The summed E-state index contributed by atoms with van der Waals surface area (Å²) in [5.74, 6) is -0.424. The number of halogens is 3. The molecule has 1 heterocycles. The molecule has 0 aliphatic rings. The molecule has 0 saturated carbocycles. The van der Waals surface area contributed by atoms with E-state index in [4.69, 9.17) is 23.2 Å². The summed E-state index contributed by atoms with van der Waals surface area (Å²) in [6.45, 7) is 0. The molecule has 0 radical (unpaired) electrons. The first-order valence-electron chi connectivity index (χ1n) is 4.82. The van der Waals surface area contributed by atoms with Gasteiger partial charge in [0, 0.05) is 6.20 Å². The summed E-state index contributed by atoms with van der Waals surface area (Å²) in [7, 11) is 0. The molecule has 0 aliphatic heterocycles. The van der Waals surface area contributed by atoms with E-state index in [2.05, 4.69) is 4.98 Å². The van der Waals surface area contributed by atoms with Gasteiger partial charge in [0.2, 0.25) is 0 Å². The molecule has 0 aliphatic carbocycles. The van der Waals surface area contributed by atoms with Gasteiger partial charge in [0.15, 0.2) is 0 Å². The lowest BCUT2D eigenvalue weighted by atomic mass is 10.1. The van der Waals surface area contributed by atoms with Crippen LogP contribution in [0.5, 0.6) is 0 Å². The third kappa shape index (κ3) is 2.75. The summed E-state index contributed by atoms with van der Waals surface area (Å²) in [4.78, 5) is 3.95. The van der Waals surface area contributed by atoms with Gasteiger partial charge in [-0.25, -0.2) is 4.39 Å². The Morgan fingerprint density at radius 3 is 2.65 bits per heavy atom. The van der Waals surface area contributed by atoms with Crippen molar-refractivity contribution in [2.24, 2.45) is 0 Å². The third-order valence-electron chi connectivity index (χ3n) is 2.26. The third-order valence-corrected chi connectivity index (χ3v) is 2.77. The zero-order valence-corrected chi connectivity index (χ0v) is 10.1. The van der Waals surface area contributed by atoms with Gasteiger partial charge in [0.1, 0.15) is 11.9 Å². The van der Waals surface area contributed by atoms with E-state index in [0.717, 1.165) is 0 Å². The van der Waals surface area contributed by atoms with Gasteiger partial charge >= 0.3 is 0 Å². The molecule has 0 spiro atoms. The van der Waals surface area contributed by atoms with Crippen LogP contribution in [0.1, 0.15) is 17.4 Å². The Bertz CT molecular complexity index is 548. The minimum atomic E-state index is -1.07. The van der Waals surface area contributed by atoms with Crippen molar-refractivity contribution in [1.82, 2.24) is 4.98 Å². The van der Waals surface area contributed by atoms with Gasteiger partial charge in [-0.05, 0) is 23.8 Å². The molecule has 0 amide bonds. The Morgan fingerprint density at radius 1 is 1.24 bits per heavy atom. The van der Waals surface area contributed by atoms with Crippen LogP contribution in [0.15, 0.2) is 36.5 Å². The van der Waals surface area contributed by atoms with Crippen LogP contribution in [0.25, 0.3) is 0 Å². The monoisotopic (exact) mass is 271 g/mol. The van der Waals surface area contributed by atoms with Gasteiger partial charge in [-0.15, -0.1) is 0 Å². The molecular formula is C12H8Cl2FNO. The maximum Gasteiger partial charge on any atom is 0.123 e. The van der Waals surface area contributed by atoms with Gasteiger partial charge in [-0.2, -0.15) is 0 Å². The molecule has 0 fully saturated rings. The molecule has 2 rings (SSSR count). The van der Waals surface area contributed by atoms with Crippen molar-refractivity contribution < 1.29 is 9.50 Å². The molecule has 2 nitrogen and oxygen atoms in total. The number of hydrogen-bond acceptors (Lipinski definition) is 2. The zero-order valence-electron chi connectivity index (χ0n) is 8.57. The Labute approximate surface area is 108 Å². The van der Waals surface area contributed by atoms with Crippen molar-refractivity contribution in [3.05, 3.63) is 63.6 Å². The Balaban J connectivity index is 2.40. The summed E-state index contributed by atoms with van der Waals surface area (Å²) in [6.07, 6.45) is 0.307. The first-order valence-corrected chi connectivity index (χ1v) is 5.58. The van der Waals surface area contributed by atoms with Crippen molar-refractivity contribution in [2.75, 3.05) is 0 Å². The minimum absolute atomic E-state index is 0.245. The topological polar surface area (TPSA) is 33.1 Å². The summed E-state index contributed by atoms with van der Waals surface area (Å²) in [5.41, 5.74) is 0.642. The van der Waals surface area contributed by atoms with Gasteiger partial charge in [0.05, 0.1) is 15.7 Å². The highest BCUT2D eigenvalue weighted by Gasteiger charge is 2.16. The standard InChI is InChI=1S/C12H8Cl2FNO/c13-8-5-10(14)11(16-6-8)12(17)7-2-1-3-9(15)4-7/h1-6,12,17H. The summed E-state index contributed by atoms with van der Waals surface area (Å²) >= 11 is 11.6. The maximum absolute atomic E-state index is 13.0. The number of aliphatic hydroxyl groups excluding tert-OH is 1. The van der Waals surface area contributed by atoms with Crippen molar-refractivity contribution >= 4 is 23.2 Å². The number of aromatic nitrogens is 1. The number of rotatable bonds is 2. The SMILES string of the molecule is OC(c1cccc(F)c1)c1ncc(Cl)cc1Cl. The molecule has 0 bridgehead atoms. The number of benzene rings is 1. The number of aliphatic hydroxyl groups is 1. The van der Waals surface area contributed by atoms with E-state index >= 15 is 0 Å². The first-order chi connectivity index (χ1) is 8.08. The Hall–Kier alpha value is -1.16. The van der Waals surface area contributed by atoms with Gasteiger partial charge in [-0.1, -0.05) is 35.3 Å². The second-order valence-electron chi connectivity index (χ2n) is 3.48. The lowest BCUT2D eigenvalue weighted by molar-refractivity contribution is 0.215. The molecule has 1 unspecified atom stereocenters. The fraction of sp³-hybridized carbons (Fsp3) is 0.0833. The summed E-state index contributed by atoms with van der Waals surface area (Å²) < 4.78 is 13.0. The van der Waals surface area contributed by atoms with Crippen LogP contribution in [0, 0.1) is 5.82 Å².